The van der Waals surface area contributed by atoms with Gasteiger partial charge in [0.2, 0.25) is 10.0 Å². The molecular formula is C10H8Cl3NO3. The van der Waals surface area contributed by atoms with Gasteiger partial charge in [-0.25, -0.2) is 9.63 Å². The van der Waals surface area contributed by atoms with Crippen LogP contribution in [0.2, 0.25) is 0 Å². The molecule has 0 N–H and O–H groups in total. The number of hydrogen-bond acceptors (Lipinski definition) is 3. The van der Waals surface area contributed by atoms with Crippen molar-refractivity contribution in [1.29, 1.82) is 0 Å². The number of amides is 1. The molecule has 1 unspecified atom stereocenters. The molecule has 0 aliphatic carbocycles. The van der Waals surface area contributed by atoms with Crippen molar-refractivity contribution >= 4 is 40.9 Å². The molecule has 1 atom stereocenters. The minimum Gasteiger partial charge on any atom is -0.443 e. The number of benzene rings is 1. The fraction of sp³-hybridized carbons (Fsp3) is 0.300. The Morgan fingerprint density at radius 2 is 2.00 bits per heavy atom. The zero-order chi connectivity index (χ0) is 12.5. The van der Waals surface area contributed by atoms with Gasteiger partial charge in [0, 0.05) is 0 Å². The number of carbonyl (C=O) groups is 1. The van der Waals surface area contributed by atoms with Crippen LogP contribution in [0.1, 0.15) is 5.56 Å². The minimum atomic E-state index is -1.66. The summed E-state index contributed by atoms with van der Waals surface area (Å²) in [5.41, 5.74) is 0.869. The summed E-state index contributed by atoms with van der Waals surface area (Å²) in [5.74, 6) is 0. The van der Waals surface area contributed by atoms with Gasteiger partial charge in [0.05, 0.1) is 0 Å². The molecule has 0 saturated carbocycles. The minimum absolute atomic E-state index is 0.145. The Balaban J connectivity index is 1.80. The second kappa shape index (κ2) is 4.90. The molecule has 7 heteroatoms. The van der Waals surface area contributed by atoms with Crippen LogP contribution in [0.5, 0.6) is 0 Å². The summed E-state index contributed by atoms with van der Waals surface area (Å²) in [5, 5.41) is 0.885. The Labute approximate surface area is 113 Å². The van der Waals surface area contributed by atoms with Gasteiger partial charge >= 0.3 is 6.09 Å². The molecule has 1 aromatic carbocycles. The van der Waals surface area contributed by atoms with Crippen molar-refractivity contribution in [2.45, 2.75) is 16.6 Å². The summed E-state index contributed by atoms with van der Waals surface area (Å²) in [7, 11) is 0. The van der Waals surface area contributed by atoms with Gasteiger partial charge in [-0.15, -0.1) is 5.06 Å². The van der Waals surface area contributed by atoms with Crippen LogP contribution in [0.15, 0.2) is 30.3 Å². The van der Waals surface area contributed by atoms with Crippen LogP contribution < -0.4 is 0 Å². The average Bonchev–Trinajstić information content (AvgIpc) is 3.06. The van der Waals surface area contributed by atoms with E-state index in [-0.39, 0.29) is 6.61 Å². The Bertz CT molecular complexity index is 407. The summed E-state index contributed by atoms with van der Waals surface area (Å²) in [6.45, 7) is 0.145. The molecule has 1 fully saturated rings. The van der Waals surface area contributed by atoms with Crippen molar-refractivity contribution in [3.05, 3.63) is 35.9 Å². The van der Waals surface area contributed by atoms with E-state index in [0.717, 1.165) is 10.6 Å². The number of hydroxylamine groups is 2. The molecule has 1 aliphatic heterocycles. The van der Waals surface area contributed by atoms with E-state index in [1.165, 1.54) is 0 Å². The van der Waals surface area contributed by atoms with E-state index in [2.05, 4.69) is 0 Å². The summed E-state index contributed by atoms with van der Waals surface area (Å²) in [6.07, 6.45) is -1.55. The monoisotopic (exact) mass is 295 g/mol. The van der Waals surface area contributed by atoms with Crippen molar-refractivity contribution in [1.82, 2.24) is 5.06 Å². The lowest BCUT2D eigenvalue weighted by atomic mass is 10.2. The third-order valence-electron chi connectivity index (χ3n) is 2.05. The number of carbonyl (C=O) groups excluding carboxylic acids is 1. The number of nitrogens with zero attached hydrogens (tertiary/aromatic N) is 1. The van der Waals surface area contributed by atoms with E-state index in [1.54, 1.807) is 0 Å². The molecule has 0 bridgehead atoms. The van der Waals surface area contributed by atoms with Crippen LogP contribution in [0.3, 0.4) is 0 Å². The zero-order valence-electron chi connectivity index (χ0n) is 8.48. The lowest BCUT2D eigenvalue weighted by Gasteiger charge is -2.06. The molecule has 2 rings (SSSR count). The Kier molecular flexibility index (Phi) is 3.68. The van der Waals surface area contributed by atoms with Crippen molar-refractivity contribution in [3.8, 4) is 0 Å². The first kappa shape index (κ1) is 12.8. The van der Waals surface area contributed by atoms with Crippen molar-refractivity contribution in [2.75, 3.05) is 0 Å². The molecule has 0 aromatic heterocycles. The zero-order valence-corrected chi connectivity index (χ0v) is 10.7. The van der Waals surface area contributed by atoms with Gasteiger partial charge in [0.15, 0.2) is 0 Å². The SMILES string of the molecule is O=C(OCc1ccccc1)N1OC1C(Cl)(Cl)Cl. The van der Waals surface area contributed by atoms with E-state index in [4.69, 9.17) is 44.4 Å². The molecule has 17 heavy (non-hydrogen) atoms. The summed E-state index contributed by atoms with van der Waals surface area (Å²) in [6, 6.07) is 9.24. The lowest BCUT2D eigenvalue weighted by Crippen LogP contribution is -2.22. The Hall–Kier alpha value is -0.680. The van der Waals surface area contributed by atoms with Gasteiger partial charge < -0.3 is 4.74 Å². The first-order valence-corrected chi connectivity index (χ1v) is 5.85. The predicted molar refractivity (Wildman–Crippen MR) is 63.6 cm³/mol. The number of halogens is 3. The van der Waals surface area contributed by atoms with Crippen LogP contribution in [0, 0.1) is 0 Å². The quantitative estimate of drug-likeness (QED) is 0.621. The highest BCUT2D eigenvalue weighted by Crippen LogP contribution is 2.42. The smallest absolute Gasteiger partial charge is 0.437 e. The van der Waals surface area contributed by atoms with Gasteiger partial charge in [-0.1, -0.05) is 65.1 Å². The first-order valence-electron chi connectivity index (χ1n) is 4.72. The molecule has 1 heterocycles. The maximum Gasteiger partial charge on any atom is 0.437 e. The third kappa shape index (κ3) is 3.39. The average molecular weight is 297 g/mol. The molecule has 0 spiro atoms. The molecule has 0 radical (unpaired) electrons. The standard InChI is InChI=1S/C10H8Cl3NO3/c11-10(12,13)8-14(17-8)9(15)16-6-7-4-2-1-3-5-7/h1-5,8H,6H2. The van der Waals surface area contributed by atoms with Crippen molar-refractivity contribution in [3.63, 3.8) is 0 Å². The van der Waals surface area contributed by atoms with Crippen LogP contribution in [0.4, 0.5) is 4.79 Å². The predicted octanol–water partition coefficient (Wildman–Crippen LogP) is 3.27. The van der Waals surface area contributed by atoms with E-state index in [9.17, 15) is 4.79 Å². The Morgan fingerprint density at radius 1 is 1.35 bits per heavy atom. The second-order valence-electron chi connectivity index (χ2n) is 3.37. The summed E-state index contributed by atoms with van der Waals surface area (Å²) >= 11 is 16.6. The first-order chi connectivity index (χ1) is 7.98. The maximum absolute atomic E-state index is 11.4. The van der Waals surface area contributed by atoms with E-state index in [1.807, 2.05) is 30.3 Å². The third-order valence-corrected chi connectivity index (χ3v) is 2.61. The second-order valence-corrected chi connectivity index (χ2v) is 5.73. The number of hydrogen-bond donors (Lipinski definition) is 0. The topological polar surface area (TPSA) is 41.8 Å². The van der Waals surface area contributed by atoms with E-state index < -0.39 is 16.1 Å². The fourth-order valence-electron chi connectivity index (χ4n) is 1.19. The molecule has 1 saturated heterocycles. The van der Waals surface area contributed by atoms with Gasteiger partial charge in [-0.05, 0) is 5.56 Å². The van der Waals surface area contributed by atoms with Crippen molar-refractivity contribution in [2.24, 2.45) is 0 Å². The van der Waals surface area contributed by atoms with Crippen LogP contribution in [-0.2, 0) is 16.2 Å². The number of rotatable bonds is 2. The van der Waals surface area contributed by atoms with Crippen LogP contribution in [0.25, 0.3) is 0 Å². The van der Waals surface area contributed by atoms with Crippen molar-refractivity contribution < 1.29 is 14.4 Å². The fourth-order valence-corrected chi connectivity index (χ4v) is 1.58. The normalized spacial score (nSPS) is 19.0. The van der Waals surface area contributed by atoms with Crippen LogP contribution >= 0.6 is 34.8 Å². The molecule has 1 aromatic rings. The van der Waals surface area contributed by atoms with E-state index >= 15 is 0 Å². The molecule has 1 amide bonds. The highest BCUT2D eigenvalue weighted by Gasteiger charge is 2.55. The van der Waals surface area contributed by atoms with E-state index in [0.29, 0.717) is 0 Å². The van der Waals surface area contributed by atoms with Crippen LogP contribution in [-0.4, -0.2) is 21.2 Å². The Morgan fingerprint density at radius 3 is 2.53 bits per heavy atom. The summed E-state index contributed by atoms with van der Waals surface area (Å²) < 4.78 is 3.30. The lowest BCUT2D eigenvalue weighted by molar-refractivity contribution is 0.0867. The maximum atomic E-state index is 11.4. The molecule has 1 aliphatic rings. The molecular weight excluding hydrogens is 288 g/mol. The largest absolute Gasteiger partial charge is 0.443 e. The number of alkyl halides is 3. The van der Waals surface area contributed by atoms with Gasteiger partial charge in [-0.3, -0.25) is 0 Å². The highest BCUT2D eigenvalue weighted by atomic mass is 35.6. The highest BCUT2D eigenvalue weighted by molar-refractivity contribution is 6.68. The van der Waals surface area contributed by atoms with Gasteiger partial charge in [-0.2, -0.15) is 0 Å². The number of ether oxygens (including phenoxy) is 1. The van der Waals surface area contributed by atoms with Gasteiger partial charge in [0.25, 0.3) is 0 Å². The van der Waals surface area contributed by atoms with Gasteiger partial charge in [0.1, 0.15) is 6.61 Å². The molecule has 92 valence electrons. The summed E-state index contributed by atoms with van der Waals surface area (Å²) in [4.78, 5) is 16.2. The molecule has 4 nitrogen and oxygen atoms in total.